The minimum atomic E-state index is 0.316. The molecule has 3 aromatic heterocycles. The molecule has 5 heterocycles. The molecule has 0 radical (unpaired) electrons. The maximum absolute atomic E-state index is 6.23. The summed E-state index contributed by atoms with van der Waals surface area (Å²) in [5, 5.41) is 0.316. The Balaban J connectivity index is 1.25. The molecule has 9 heteroatoms. The number of halogens is 1. The van der Waals surface area contributed by atoms with Crippen LogP contribution in [0.15, 0.2) is 30.5 Å². The molecule has 2 saturated heterocycles. The van der Waals surface area contributed by atoms with Gasteiger partial charge in [0.25, 0.3) is 0 Å². The molecule has 2 fully saturated rings. The molecule has 0 saturated carbocycles. The Labute approximate surface area is 185 Å². The summed E-state index contributed by atoms with van der Waals surface area (Å²) < 4.78 is 6.62. The highest BCUT2D eigenvalue weighted by Gasteiger charge is 2.21. The van der Waals surface area contributed by atoms with E-state index in [1.165, 1.54) is 4.88 Å². The zero-order chi connectivity index (χ0) is 20.3. The van der Waals surface area contributed by atoms with Gasteiger partial charge in [0.1, 0.15) is 0 Å². The quantitative estimate of drug-likeness (QED) is 0.561. The first-order valence-corrected chi connectivity index (χ1v) is 11.6. The van der Waals surface area contributed by atoms with Crippen molar-refractivity contribution >= 4 is 39.0 Å². The summed E-state index contributed by atoms with van der Waals surface area (Å²) in [5.74, 6) is 0.949. The fourth-order valence-corrected chi connectivity index (χ4v) is 5.38. The van der Waals surface area contributed by atoms with E-state index < -0.39 is 0 Å². The van der Waals surface area contributed by atoms with E-state index in [4.69, 9.17) is 16.3 Å². The maximum Gasteiger partial charge on any atom is 0.224 e. The first kappa shape index (κ1) is 20.1. The Bertz CT molecular complexity index is 986. The Kier molecular flexibility index (Phi) is 6.10. The zero-order valence-electron chi connectivity index (χ0n) is 16.8. The molecule has 0 atom stereocenters. The Hall–Kier alpha value is -1.84. The number of nitrogens with zero attached hydrogens (tertiary/aromatic N) is 6. The van der Waals surface area contributed by atoms with Crippen LogP contribution in [0.2, 0.25) is 5.28 Å². The van der Waals surface area contributed by atoms with Gasteiger partial charge in [0.2, 0.25) is 5.28 Å². The minimum Gasteiger partial charge on any atom is -0.378 e. The van der Waals surface area contributed by atoms with Gasteiger partial charge in [0.05, 0.1) is 29.1 Å². The summed E-state index contributed by atoms with van der Waals surface area (Å²) in [6, 6.07) is 8.30. The molecule has 0 amide bonds. The van der Waals surface area contributed by atoms with Gasteiger partial charge in [-0.3, -0.25) is 14.8 Å². The number of fused-ring (bicyclic) bond motifs is 1. The van der Waals surface area contributed by atoms with Crippen molar-refractivity contribution in [2.24, 2.45) is 0 Å². The lowest BCUT2D eigenvalue weighted by molar-refractivity contribution is 0.122. The molecule has 2 aliphatic heterocycles. The van der Waals surface area contributed by atoms with E-state index in [1.54, 1.807) is 11.3 Å². The SMILES string of the molecule is Clc1nc(N2CCOCC2)c2sc(CN3CCN(Cc4ccccn4)CC3)cc2n1. The van der Waals surface area contributed by atoms with Gasteiger partial charge in [-0.05, 0) is 29.8 Å². The minimum absolute atomic E-state index is 0.316. The van der Waals surface area contributed by atoms with Gasteiger partial charge < -0.3 is 9.64 Å². The van der Waals surface area contributed by atoms with E-state index in [0.717, 1.165) is 87.3 Å². The van der Waals surface area contributed by atoms with Crippen molar-refractivity contribution in [2.45, 2.75) is 13.1 Å². The van der Waals surface area contributed by atoms with Crippen molar-refractivity contribution in [1.29, 1.82) is 0 Å². The molecule has 0 aromatic carbocycles. The fourth-order valence-electron chi connectivity index (χ4n) is 4.05. The van der Waals surface area contributed by atoms with Crippen molar-refractivity contribution in [3.05, 3.63) is 46.3 Å². The number of aromatic nitrogens is 3. The van der Waals surface area contributed by atoms with Gasteiger partial charge in [-0.2, -0.15) is 4.98 Å². The molecule has 5 rings (SSSR count). The summed E-state index contributed by atoms with van der Waals surface area (Å²) in [4.78, 5) is 22.0. The highest BCUT2D eigenvalue weighted by Crippen LogP contribution is 2.34. The van der Waals surface area contributed by atoms with Crippen LogP contribution in [0.1, 0.15) is 10.6 Å². The van der Waals surface area contributed by atoms with Crippen LogP contribution in [0, 0.1) is 0 Å². The number of morpholine rings is 1. The number of rotatable bonds is 5. The van der Waals surface area contributed by atoms with Crippen molar-refractivity contribution in [3.8, 4) is 0 Å². The van der Waals surface area contributed by atoms with Gasteiger partial charge in [0.15, 0.2) is 5.82 Å². The topological polar surface area (TPSA) is 57.6 Å². The van der Waals surface area contributed by atoms with Crippen LogP contribution in [0.4, 0.5) is 5.82 Å². The number of hydrogen-bond acceptors (Lipinski definition) is 8. The van der Waals surface area contributed by atoms with Crippen LogP contribution in [0.3, 0.4) is 0 Å². The predicted molar refractivity (Wildman–Crippen MR) is 120 cm³/mol. The summed E-state index contributed by atoms with van der Waals surface area (Å²) >= 11 is 8.02. The van der Waals surface area contributed by atoms with Crippen molar-refractivity contribution in [3.63, 3.8) is 0 Å². The molecule has 0 spiro atoms. The van der Waals surface area contributed by atoms with E-state index in [2.05, 4.69) is 47.9 Å². The second-order valence-corrected chi connectivity index (χ2v) is 9.19. The van der Waals surface area contributed by atoms with Crippen molar-refractivity contribution in [2.75, 3.05) is 57.4 Å². The number of hydrogen-bond donors (Lipinski definition) is 0. The van der Waals surface area contributed by atoms with Gasteiger partial charge >= 0.3 is 0 Å². The van der Waals surface area contributed by atoms with Gasteiger partial charge in [-0.15, -0.1) is 11.3 Å². The number of piperazine rings is 1. The molecule has 0 N–H and O–H groups in total. The molecular weight excluding hydrogens is 420 g/mol. The molecule has 30 heavy (non-hydrogen) atoms. The number of ether oxygens (including phenoxy) is 1. The summed E-state index contributed by atoms with van der Waals surface area (Å²) in [6.07, 6.45) is 1.87. The molecule has 2 aliphatic rings. The van der Waals surface area contributed by atoms with Crippen LogP contribution in [0.5, 0.6) is 0 Å². The highest BCUT2D eigenvalue weighted by molar-refractivity contribution is 7.19. The first-order chi connectivity index (χ1) is 14.7. The van der Waals surface area contributed by atoms with Gasteiger partial charge in [-0.1, -0.05) is 6.07 Å². The molecule has 3 aromatic rings. The average molecular weight is 445 g/mol. The lowest BCUT2D eigenvalue weighted by Gasteiger charge is -2.34. The summed E-state index contributed by atoms with van der Waals surface area (Å²) in [5.41, 5.74) is 2.09. The van der Waals surface area contributed by atoms with E-state index in [9.17, 15) is 0 Å². The number of pyridine rings is 1. The van der Waals surface area contributed by atoms with Crippen LogP contribution in [0.25, 0.3) is 10.2 Å². The van der Waals surface area contributed by atoms with Crippen LogP contribution in [-0.4, -0.2) is 77.2 Å². The fraction of sp³-hybridized carbons (Fsp3) is 0.476. The number of thiophene rings is 1. The van der Waals surface area contributed by atoms with E-state index >= 15 is 0 Å². The smallest absolute Gasteiger partial charge is 0.224 e. The zero-order valence-corrected chi connectivity index (χ0v) is 18.4. The third-order valence-corrected chi connectivity index (χ3v) is 6.92. The van der Waals surface area contributed by atoms with Crippen LogP contribution < -0.4 is 4.90 Å². The summed E-state index contributed by atoms with van der Waals surface area (Å²) in [6.45, 7) is 9.25. The first-order valence-electron chi connectivity index (χ1n) is 10.4. The average Bonchev–Trinajstić information content (AvgIpc) is 3.18. The third-order valence-electron chi connectivity index (χ3n) is 5.64. The van der Waals surface area contributed by atoms with Crippen molar-refractivity contribution in [1.82, 2.24) is 24.8 Å². The lowest BCUT2D eigenvalue weighted by Crippen LogP contribution is -2.45. The lowest BCUT2D eigenvalue weighted by atomic mass is 10.2. The Morgan fingerprint density at radius 3 is 2.47 bits per heavy atom. The second-order valence-electron chi connectivity index (χ2n) is 7.72. The molecular formula is C21H25ClN6OS. The molecule has 0 unspecified atom stereocenters. The van der Waals surface area contributed by atoms with E-state index in [0.29, 0.717) is 5.28 Å². The second kappa shape index (κ2) is 9.11. The van der Waals surface area contributed by atoms with Crippen molar-refractivity contribution < 1.29 is 4.74 Å². The molecule has 7 nitrogen and oxygen atoms in total. The highest BCUT2D eigenvalue weighted by atomic mass is 35.5. The molecule has 0 bridgehead atoms. The van der Waals surface area contributed by atoms with Gasteiger partial charge in [0, 0.05) is 63.4 Å². The molecule has 158 valence electrons. The summed E-state index contributed by atoms with van der Waals surface area (Å²) in [7, 11) is 0. The van der Waals surface area contributed by atoms with Crippen LogP contribution in [-0.2, 0) is 17.8 Å². The Morgan fingerprint density at radius 2 is 1.73 bits per heavy atom. The van der Waals surface area contributed by atoms with E-state index in [-0.39, 0.29) is 0 Å². The van der Waals surface area contributed by atoms with Crippen LogP contribution >= 0.6 is 22.9 Å². The maximum atomic E-state index is 6.23. The standard InChI is InChI=1S/C21H25ClN6OS/c22-21-24-18-13-17(30-19(18)20(25-21)28-9-11-29-12-10-28)15-27-7-5-26(6-8-27)14-16-3-1-2-4-23-16/h1-4,13H,5-12,14-15H2. The largest absolute Gasteiger partial charge is 0.378 e. The third kappa shape index (κ3) is 4.58. The monoisotopic (exact) mass is 444 g/mol. The van der Waals surface area contributed by atoms with E-state index in [1.807, 2.05) is 12.3 Å². The van der Waals surface area contributed by atoms with Gasteiger partial charge in [-0.25, -0.2) is 4.98 Å². The Morgan fingerprint density at radius 1 is 0.967 bits per heavy atom. The normalized spacial score (nSPS) is 18.9. The predicted octanol–water partition coefficient (Wildman–Crippen LogP) is 2.89. The molecule has 0 aliphatic carbocycles. The number of anilines is 1.